The number of likely N-dealkylation sites (tertiary alicyclic amines) is 1. The Morgan fingerprint density at radius 1 is 1.23 bits per heavy atom. The molecular formula is C15H19AsN2O2S2. The summed E-state index contributed by atoms with van der Waals surface area (Å²) in [5.74, 6) is 2.45. The molecule has 2 heterocycles. The van der Waals surface area contributed by atoms with Crippen molar-refractivity contribution < 1.29 is 9.59 Å². The van der Waals surface area contributed by atoms with Crippen molar-refractivity contribution in [3.8, 4) is 0 Å². The first-order chi connectivity index (χ1) is 10.6. The van der Waals surface area contributed by atoms with E-state index in [9.17, 15) is 9.59 Å². The molecule has 2 fully saturated rings. The van der Waals surface area contributed by atoms with Crippen molar-refractivity contribution in [3.63, 3.8) is 0 Å². The second-order valence-electron chi connectivity index (χ2n) is 5.33. The van der Waals surface area contributed by atoms with Gasteiger partial charge in [-0.25, -0.2) is 0 Å². The van der Waals surface area contributed by atoms with Crippen LogP contribution in [0.5, 0.6) is 0 Å². The molecule has 7 heteroatoms. The molecule has 0 saturated carbocycles. The van der Waals surface area contributed by atoms with Crippen LogP contribution in [0.25, 0.3) is 0 Å². The van der Waals surface area contributed by atoms with Crippen molar-refractivity contribution in [2.45, 2.75) is 25.8 Å². The van der Waals surface area contributed by atoms with Crippen molar-refractivity contribution in [2.24, 2.45) is 0 Å². The zero-order valence-corrected chi connectivity index (χ0v) is 16.0. The van der Waals surface area contributed by atoms with E-state index in [0.717, 1.165) is 18.5 Å². The fourth-order valence-electron chi connectivity index (χ4n) is 2.73. The van der Waals surface area contributed by atoms with Crippen LogP contribution in [0.1, 0.15) is 19.8 Å². The number of amides is 2. The number of nitrogens with zero attached hydrogens (tertiary/aromatic N) is 1. The molecule has 0 aliphatic carbocycles. The molecule has 2 amide bonds. The maximum atomic E-state index is 12.4. The second-order valence-corrected chi connectivity index (χ2v) is 17.1. The molecule has 2 saturated heterocycles. The van der Waals surface area contributed by atoms with Gasteiger partial charge in [-0.05, 0) is 0 Å². The zero-order valence-electron chi connectivity index (χ0n) is 12.4. The second kappa shape index (κ2) is 7.33. The van der Waals surface area contributed by atoms with Gasteiger partial charge in [0.1, 0.15) is 0 Å². The van der Waals surface area contributed by atoms with Crippen LogP contribution >= 0.6 is 20.0 Å². The van der Waals surface area contributed by atoms with Crippen molar-refractivity contribution in [1.82, 2.24) is 4.90 Å². The number of anilines is 1. The number of nitrogens with one attached hydrogen (secondary N) is 1. The summed E-state index contributed by atoms with van der Waals surface area (Å²) in [5, 5.41) is 2.96. The number of carbonyl (C=O) groups is 2. The van der Waals surface area contributed by atoms with Gasteiger partial charge >= 0.3 is 142 Å². The number of hydrogen-bond donors (Lipinski definition) is 1. The van der Waals surface area contributed by atoms with E-state index in [4.69, 9.17) is 0 Å². The molecule has 1 aromatic carbocycles. The molecule has 0 radical (unpaired) electrons. The zero-order chi connectivity index (χ0) is 15.5. The number of rotatable bonds is 3. The standard InChI is InChI=1S/C15H19AsN2O2S2/c1-11(19)18-8-2-3-14(18)15(20)17-13-6-4-12(5-7-13)16-21-9-10-22-16/h4-7,14H,2-3,8-10H2,1H3,(H,17,20). The topological polar surface area (TPSA) is 49.4 Å². The van der Waals surface area contributed by atoms with Crippen LogP contribution in [0, 0.1) is 0 Å². The van der Waals surface area contributed by atoms with Gasteiger partial charge in [-0.2, -0.15) is 0 Å². The van der Waals surface area contributed by atoms with Gasteiger partial charge in [0, 0.05) is 0 Å². The predicted molar refractivity (Wildman–Crippen MR) is 95.8 cm³/mol. The minimum absolute atomic E-state index is 0.0189. The molecule has 0 spiro atoms. The molecule has 1 atom stereocenters. The summed E-state index contributed by atoms with van der Waals surface area (Å²) in [6, 6.07) is 7.98. The Morgan fingerprint density at radius 2 is 1.91 bits per heavy atom. The third-order valence-electron chi connectivity index (χ3n) is 3.81. The number of hydrogen-bond acceptors (Lipinski definition) is 4. The van der Waals surface area contributed by atoms with Gasteiger partial charge in [-0.15, -0.1) is 0 Å². The Kier molecular flexibility index (Phi) is 5.42. The molecule has 22 heavy (non-hydrogen) atoms. The van der Waals surface area contributed by atoms with Crippen LogP contribution in [-0.4, -0.2) is 53.1 Å². The quantitative estimate of drug-likeness (QED) is 0.790. The molecule has 2 aliphatic rings. The Hall–Kier alpha value is -0.582. The average Bonchev–Trinajstić information content (AvgIpc) is 3.19. The van der Waals surface area contributed by atoms with Gasteiger partial charge < -0.3 is 0 Å². The minimum atomic E-state index is -0.943. The fraction of sp³-hybridized carbons (Fsp3) is 0.467. The fourth-order valence-corrected chi connectivity index (χ4v) is 16.9. The Morgan fingerprint density at radius 3 is 2.55 bits per heavy atom. The van der Waals surface area contributed by atoms with Crippen molar-refractivity contribution in [2.75, 3.05) is 23.4 Å². The third-order valence-corrected chi connectivity index (χ3v) is 17.5. The molecule has 2 aliphatic heterocycles. The van der Waals surface area contributed by atoms with E-state index in [1.807, 2.05) is 12.1 Å². The van der Waals surface area contributed by atoms with E-state index in [2.05, 4.69) is 37.5 Å². The van der Waals surface area contributed by atoms with Crippen LogP contribution in [0.3, 0.4) is 0 Å². The van der Waals surface area contributed by atoms with Crippen molar-refractivity contribution in [1.29, 1.82) is 0 Å². The van der Waals surface area contributed by atoms with E-state index in [-0.39, 0.29) is 17.9 Å². The Bertz CT molecular complexity index is 561. The molecule has 118 valence electrons. The Labute approximate surface area is 142 Å². The van der Waals surface area contributed by atoms with Crippen LogP contribution in [0.2, 0.25) is 0 Å². The molecule has 1 unspecified atom stereocenters. The first-order valence-electron chi connectivity index (χ1n) is 7.39. The first-order valence-corrected chi connectivity index (χ1v) is 14.8. The monoisotopic (exact) mass is 398 g/mol. The molecule has 0 aromatic heterocycles. The molecular weight excluding hydrogens is 379 g/mol. The Balaban J connectivity index is 1.62. The average molecular weight is 398 g/mol. The van der Waals surface area contributed by atoms with Gasteiger partial charge in [-0.3, -0.25) is 0 Å². The van der Waals surface area contributed by atoms with Crippen LogP contribution < -0.4 is 9.67 Å². The third kappa shape index (κ3) is 3.66. The van der Waals surface area contributed by atoms with E-state index in [1.165, 1.54) is 22.8 Å². The van der Waals surface area contributed by atoms with Crippen LogP contribution in [-0.2, 0) is 9.59 Å². The predicted octanol–water partition coefficient (Wildman–Crippen LogP) is 1.81. The van der Waals surface area contributed by atoms with E-state index < -0.39 is 12.3 Å². The summed E-state index contributed by atoms with van der Waals surface area (Å²) in [7, 11) is 4.23. The van der Waals surface area contributed by atoms with E-state index in [1.54, 1.807) is 4.90 Å². The maximum absolute atomic E-state index is 12.4. The first kappa shape index (κ1) is 16.3. The summed E-state index contributed by atoms with van der Waals surface area (Å²) in [6.07, 6.45) is 1.66. The van der Waals surface area contributed by atoms with Gasteiger partial charge in [0.05, 0.1) is 0 Å². The SMILES string of the molecule is CC(=O)N1CCCC1C(=O)Nc1ccc([As]2SCCS2)cc1. The summed E-state index contributed by atoms with van der Waals surface area (Å²) in [6.45, 7) is 2.22. The van der Waals surface area contributed by atoms with E-state index in [0.29, 0.717) is 6.54 Å². The van der Waals surface area contributed by atoms with Gasteiger partial charge in [0.2, 0.25) is 0 Å². The van der Waals surface area contributed by atoms with Gasteiger partial charge in [0.25, 0.3) is 0 Å². The van der Waals surface area contributed by atoms with Gasteiger partial charge in [-0.1, -0.05) is 0 Å². The molecule has 1 aromatic rings. The van der Waals surface area contributed by atoms with Gasteiger partial charge in [0.15, 0.2) is 0 Å². The molecule has 4 nitrogen and oxygen atoms in total. The molecule has 1 N–H and O–H groups in total. The van der Waals surface area contributed by atoms with E-state index >= 15 is 0 Å². The van der Waals surface area contributed by atoms with Crippen molar-refractivity contribution in [3.05, 3.63) is 24.3 Å². The summed E-state index contributed by atoms with van der Waals surface area (Å²) in [4.78, 5) is 25.6. The van der Waals surface area contributed by atoms with Crippen LogP contribution in [0.4, 0.5) is 5.69 Å². The summed E-state index contributed by atoms with van der Waals surface area (Å²) >= 11 is -0.943. The molecule has 0 bridgehead atoms. The normalized spacial score (nSPS) is 22.0. The number of carbonyl (C=O) groups excluding carboxylic acids is 2. The summed E-state index contributed by atoms with van der Waals surface area (Å²) in [5.41, 5.74) is 0.826. The number of benzene rings is 1. The van der Waals surface area contributed by atoms with Crippen molar-refractivity contribution >= 4 is 54.2 Å². The van der Waals surface area contributed by atoms with Crippen LogP contribution in [0.15, 0.2) is 24.3 Å². The summed E-state index contributed by atoms with van der Waals surface area (Å²) < 4.78 is 1.45. The molecule has 3 rings (SSSR count).